The maximum atomic E-state index is 5.86. The van der Waals surface area contributed by atoms with Gasteiger partial charge in [-0.1, -0.05) is 30.0 Å². The van der Waals surface area contributed by atoms with Crippen molar-refractivity contribution in [2.75, 3.05) is 18.5 Å². The topological polar surface area (TPSA) is 64.3 Å². The van der Waals surface area contributed by atoms with Gasteiger partial charge in [0.25, 0.3) is 5.78 Å². The second kappa shape index (κ2) is 8.31. The number of nitrogens with zero attached hydrogens (tertiary/aromatic N) is 4. The molecule has 0 amide bonds. The Balaban J connectivity index is 1.32. The van der Waals surface area contributed by atoms with Crippen molar-refractivity contribution >= 4 is 23.4 Å². The van der Waals surface area contributed by atoms with Gasteiger partial charge in [0.05, 0.1) is 6.54 Å². The first-order valence-electron chi connectivity index (χ1n) is 9.07. The molecule has 0 atom stereocenters. The second-order valence-corrected chi connectivity index (χ2v) is 7.45. The van der Waals surface area contributed by atoms with E-state index in [1.54, 1.807) is 16.3 Å². The predicted molar refractivity (Wildman–Crippen MR) is 111 cm³/mol. The zero-order chi connectivity index (χ0) is 19.3. The molecule has 4 rings (SSSR count). The molecule has 2 aromatic heterocycles. The Morgan fingerprint density at radius 2 is 1.75 bits per heavy atom. The van der Waals surface area contributed by atoms with E-state index in [0.29, 0.717) is 18.9 Å². The fourth-order valence-electron chi connectivity index (χ4n) is 2.81. The third-order valence-electron chi connectivity index (χ3n) is 4.37. The second-order valence-electron chi connectivity index (χ2n) is 6.30. The summed E-state index contributed by atoms with van der Waals surface area (Å²) in [6, 6.07) is 18.5. The largest absolute Gasteiger partial charge is 0.492 e. The molecule has 28 heavy (non-hydrogen) atoms. The fraction of sp³-hybridized carbons (Fsp3) is 0.190. The van der Waals surface area contributed by atoms with Crippen molar-refractivity contribution in [3.63, 3.8) is 0 Å². The molecule has 0 spiro atoms. The van der Waals surface area contributed by atoms with Crippen LogP contribution in [-0.4, -0.2) is 32.7 Å². The van der Waals surface area contributed by atoms with Crippen LogP contribution in [0, 0.1) is 13.8 Å². The van der Waals surface area contributed by atoms with Crippen LogP contribution in [0.4, 0.5) is 5.82 Å². The molecule has 0 fully saturated rings. The third kappa shape index (κ3) is 4.09. The highest BCUT2D eigenvalue weighted by Gasteiger charge is 2.10. The van der Waals surface area contributed by atoms with Gasteiger partial charge < -0.3 is 10.1 Å². The number of nitrogens with one attached hydrogen (secondary N) is 1. The lowest BCUT2D eigenvalue weighted by Crippen LogP contribution is -2.16. The monoisotopic (exact) mass is 391 g/mol. The summed E-state index contributed by atoms with van der Waals surface area (Å²) in [6.45, 7) is 5.19. The Kier molecular flexibility index (Phi) is 5.43. The van der Waals surface area contributed by atoms with Gasteiger partial charge in [-0.25, -0.2) is 4.98 Å². The van der Waals surface area contributed by atoms with Crippen LogP contribution in [0.1, 0.15) is 11.3 Å². The lowest BCUT2D eigenvalue weighted by atomic mass is 10.2. The van der Waals surface area contributed by atoms with Gasteiger partial charge in [0, 0.05) is 21.0 Å². The molecule has 4 aromatic rings. The first kappa shape index (κ1) is 18.3. The Labute approximate surface area is 168 Å². The van der Waals surface area contributed by atoms with E-state index in [1.807, 2.05) is 44.2 Å². The number of aromatic nitrogens is 4. The van der Waals surface area contributed by atoms with Crippen LogP contribution in [0.25, 0.3) is 5.78 Å². The Hall–Kier alpha value is -3.06. The fourth-order valence-corrected chi connectivity index (χ4v) is 3.65. The molecule has 2 heterocycles. The minimum Gasteiger partial charge on any atom is -0.492 e. The predicted octanol–water partition coefficient (Wildman–Crippen LogP) is 4.38. The molecule has 0 aliphatic rings. The van der Waals surface area contributed by atoms with Crippen LogP contribution in [0.5, 0.6) is 5.75 Å². The van der Waals surface area contributed by atoms with Crippen molar-refractivity contribution in [1.29, 1.82) is 0 Å². The molecule has 0 bridgehead atoms. The van der Waals surface area contributed by atoms with Crippen molar-refractivity contribution in [1.82, 2.24) is 19.6 Å². The summed E-state index contributed by atoms with van der Waals surface area (Å²) in [5.41, 5.74) is 2.00. The number of fused-ring (bicyclic) bond motifs is 1. The van der Waals surface area contributed by atoms with E-state index in [2.05, 4.69) is 44.6 Å². The zero-order valence-electron chi connectivity index (χ0n) is 15.8. The van der Waals surface area contributed by atoms with E-state index in [4.69, 9.17) is 4.74 Å². The number of anilines is 1. The summed E-state index contributed by atoms with van der Waals surface area (Å²) in [6.07, 6.45) is 1.51. The van der Waals surface area contributed by atoms with E-state index in [1.165, 1.54) is 16.1 Å². The Morgan fingerprint density at radius 3 is 2.54 bits per heavy atom. The van der Waals surface area contributed by atoms with Crippen molar-refractivity contribution in [3.05, 3.63) is 72.2 Å². The van der Waals surface area contributed by atoms with Crippen molar-refractivity contribution < 1.29 is 4.74 Å². The van der Waals surface area contributed by atoms with Gasteiger partial charge >= 0.3 is 0 Å². The first-order valence-corrected chi connectivity index (χ1v) is 9.89. The summed E-state index contributed by atoms with van der Waals surface area (Å²) < 4.78 is 7.58. The summed E-state index contributed by atoms with van der Waals surface area (Å²) in [4.78, 5) is 11.0. The van der Waals surface area contributed by atoms with Gasteiger partial charge in [-0.3, -0.25) is 0 Å². The molecular weight excluding hydrogens is 370 g/mol. The van der Waals surface area contributed by atoms with Crippen molar-refractivity contribution in [3.8, 4) is 5.75 Å². The number of ether oxygens (including phenoxy) is 1. The Bertz CT molecular complexity index is 1060. The van der Waals surface area contributed by atoms with Gasteiger partial charge in [-0.2, -0.15) is 14.6 Å². The van der Waals surface area contributed by atoms with Gasteiger partial charge in [-0.05, 0) is 50.2 Å². The molecule has 0 aliphatic heterocycles. The van der Waals surface area contributed by atoms with E-state index in [-0.39, 0.29) is 0 Å². The van der Waals surface area contributed by atoms with Crippen LogP contribution in [0.3, 0.4) is 0 Å². The number of rotatable bonds is 7. The first-order chi connectivity index (χ1) is 13.7. The molecule has 2 aromatic carbocycles. The van der Waals surface area contributed by atoms with Crippen molar-refractivity contribution in [2.45, 2.75) is 23.6 Å². The molecule has 0 saturated heterocycles. The SMILES string of the molecule is Cc1nc2ncnn2c(NCCOc2ccc(Sc3ccccc3)cc2)c1C. The molecule has 0 unspecified atom stereocenters. The van der Waals surface area contributed by atoms with Crippen LogP contribution >= 0.6 is 11.8 Å². The minimum atomic E-state index is 0.544. The maximum Gasteiger partial charge on any atom is 0.254 e. The van der Waals surface area contributed by atoms with Crippen LogP contribution < -0.4 is 10.1 Å². The standard InChI is InChI=1S/C21H21N5OS/c1-15-16(2)25-21-23-14-24-26(21)20(15)22-12-13-27-17-8-10-19(11-9-17)28-18-6-4-3-5-7-18/h3-11,14,22H,12-13H2,1-2H3. The molecule has 0 radical (unpaired) electrons. The number of hydrogen-bond donors (Lipinski definition) is 1. The number of benzene rings is 2. The van der Waals surface area contributed by atoms with Crippen LogP contribution in [-0.2, 0) is 0 Å². The normalized spacial score (nSPS) is 10.9. The van der Waals surface area contributed by atoms with Crippen LogP contribution in [0.15, 0.2) is 70.7 Å². The molecule has 1 N–H and O–H groups in total. The number of aryl methyl sites for hydroxylation is 1. The third-order valence-corrected chi connectivity index (χ3v) is 5.39. The highest BCUT2D eigenvalue weighted by Crippen LogP contribution is 2.28. The van der Waals surface area contributed by atoms with E-state index in [0.717, 1.165) is 22.8 Å². The summed E-state index contributed by atoms with van der Waals surface area (Å²) in [5.74, 6) is 2.35. The maximum absolute atomic E-state index is 5.86. The average Bonchev–Trinajstić information content (AvgIpc) is 3.17. The van der Waals surface area contributed by atoms with E-state index in [9.17, 15) is 0 Å². The highest BCUT2D eigenvalue weighted by molar-refractivity contribution is 7.99. The Morgan fingerprint density at radius 1 is 1.00 bits per heavy atom. The van der Waals surface area contributed by atoms with Gasteiger partial charge in [0.15, 0.2) is 0 Å². The van der Waals surface area contributed by atoms with Gasteiger partial charge in [-0.15, -0.1) is 0 Å². The highest BCUT2D eigenvalue weighted by atomic mass is 32.2. The molecule has 142 valence electrons. The summed E-state index contributed by atoms with van der Waals surface area (Å²) in [7, 11) is 0. The lowest BCUT2D eigenvalue weighted by molar-refractivity contribution is 0.332. The minimum absolute atomic E-state index is 0.544. The summed E-state index contributed by atoms with van der Waals surface area (Å²) >= 11 is 1.74. The van der Waals surface area contributed by atoms with Gasteiger partial charge in [0.1, 0.15) is 24.5 Å². The zero-order valence-corrected chi connectivity index (χ0v) is 16.6. The molecule has 0 aliphatic carbocycles. The molecular formula is C21H21N5OS. The molecule has 7 heteroatoms. The summed E-state index contributed by atoms with van der Waals surface area (Å²) in [5, 5.41) is 7.63. The van der Waals surface area contributed by atoms with E-state index >= 15 is 0 Å². The lowest BCUT2D eigenvalue weighted by Gasteiger charge is -2.13. The van der Waals surface area contributed by atoms with Crippen molar-refractivity contribution in [2.24, 2.45) is 0 Å². The molecule has 0 saturated carbocycles. The quantitative estimate of drug-likeness (QED) is 0.472. The van der Waals surface area contributed by atoms with Gasteiger partial charge in [0.2, 0.25) is 0 Å². The smallest absolute Gasteiger partial charge is 0.254 e. The van der Waals surface area contributed by atoms with E-state index < -0.39 is 0 Å². The van der Waals surface area contributed by atoms with Crippen LogP contribution in [0.2, 0.25) is 0 Å². The molecule has 6 nitrogen and oxygen atoms in total. The number of hydrogen-bond acceptors (Lipinski definition) is 6. The average molecular weight is 392 g/mol.